The molecule has 0 aromatic heterocycles. The minimum Gasteiger partial charge on any atom is -0.306 e. The van der Waals surface area contributed by atoms with E-state index in [-0.39, 0.29) is 6.61 Å². The van der Waals surface area contributed by atoms with Crippen LogP contribution in [0.1, 0.15) is 6.42 Å². The summed E-state index contributed by atoms with van der Waals surface area (Å²) >= 11 is 11.2. The summed E-state index contributed by atoms with van der Waals surface area (Å²) < 4.78 is 19.1. The van der Waals surface area contributed by atoms with E-state index in [1.54, 1.807) is 0 Å². The second-order valence-corrected chi connectivity index (χ2v) is 6.08. The van der Waals surface area contributed by atoms with Crippen molar-refractivity contribution in [2.45, 2.75) is 12.6 Å². The molecular formula is C7H15Cl2N2O4P. The van der Waals surface area contributed by atoms with Crippen molar-refractivity contribution in [1.82, 2.24) is 9.76 Å². The molecule has 1 saturated heterocycles. The fourth-order valence-electron chi connectivity index (χ4n) is 1.38. The van der Waals surface area contributed by atoms with Crippen LogP contribution in [0.25, 0.3) is 0 Å². The van der Waals surface area contributed by atoms with Gasteiger partial charge in [0.25, 0.3) is 0 Å². The Labute approximate surface area is 104 Å². The number of nitrogens with zero attached hydrogens (tertiary/aromatic N) is 1. The third-order valence-corrected chi connectivity index (χ3v) is 4.77. The van der Waals surface area contributed by atoms with Gasteiger partial charge in [0.1, 0.15) is 0 Å². The van der Waals surface area contributed by atoms with Crippen LogP contribution in [-0.2, 0) is 14.0 Å². The summed E-state index contributed by atoms with van der Waals surface area (Å²) in [6.07, 6.45) is -0.261. The molecule has 1 heterocycles. The van der Waals surface area contributed by atoms with Gasteiger partial charge in [-0.1, -0.05) is 0 Å². The van der Waals surface area contributed by atoms with E-state index in [1.807, 2.05) is 0 Å². The summed E-state index contributed by atoms with van der Waals surface area (Å²) in [5.41, 5.74) is 0. The van der Waals surface area contributed by atoms with Crippen molar-refractivity contribution in [1.29, 1.82) is 0 Å². The topological polar surface area (TPSA) is 71.0 Å². The van der Waals surface area contributed by atoms with E-state index in [1.165, 1.54) is 4.67 Å². The largest absolute Gasteiger partial charge is 0.345 e. The average Bonchev–Trinajstić information content (AvgIpc) is 2.29. The summed E-state index contributed by atoms with van der Waals surface area (Å²) in [6, 6.07) is 0. The maximum Gasteiger partial charge on any atom is 0.345 e. The Balaban J connectivity index is 2.67. The highest BCUT2D eigenvalue weighted by atomic mass is 35.5. The Morgan fingerprint density at radius 2 is 2.12 bits per heavy atom. The Bertz CT molecular complexity index is 253. The minimum atomic E-state index is -3.20. The fraction of sp³-hybridized carbons (Fsp3) is 1.00. The van der Waals surface area contributed by atoms with Crippen LogP contribution in [0, 0.1) is 0 Å². The molecule has 0 amide bonds. The molecule has 0 aromatic rings. The van der Waals surface area contributed by atoms with Crippen molar-refractivity contribution in [3.05, 3.63) is 0 Å². The van der Waals surface area contributed by atoms with Crippen molar-refractivity contribution < 1.29 is 19.2 Å². The van der Waals surface area contributed by atoms with E-state index < -0.39 is 13.9 Å². The minimum absolute atomic E-state index is 0.247. The fourth-order valence-corrected chi connectivity index (χ4v) is 4.04. The summed E-state index contributed by atoms with van der Waals surface area (Å²) in [6.45, 7) is 1.02. The molecule has 1 rings (SSSR count). The lowest BCUT2D eigenvalue weighted by atomic mass is 10.4. The first-order chi connectivity index (χ1) is 7.66. The number of hydrogen-bond donors (Lipinski definition) is 2. The van der Waals surface area contributed by atoms with Gasteiger partial charge in [-0.25, -0.2) is 14.6 Å². The molecule has 0 saturated carbocycles. The SMILES string of the molecule is O=[P@@]1(N(CCCl)CCCl)NC(OO)CCO1. The van der Waals surface area contributed by atoms with E-state index in [0.717, 1.165) is 0 Å². The zero-order chi connectivity index (χ0) is 12.0. The highest BCUT2D eigenvalue weighted by molar-refractivity contribution is 7.54. The summed E-state index contributed by atoms with van der Waals surface area (Å²) in [5.74, 6) is 0.632. The standard InChI is InChI=1S/C7H15Cl2N2O4P/c8-2-4-11(5-3-9)16(13)10-7(15-12)1-6-14-16/h7,12H,1-6H2,(H,10,13)/t7?,16-/m0/s1. The Kier molecular flexibility index (Phi) is 6.54. The van der Waals surface area contributed by atoms with Crippen LogP contribution in [0.5, 0.6) is 0 Å². The first kappa shape index (κ1) is 14.7. The van der Waals surface area contributed by atoms with Gasteiger partial charge < -0.3 is 4.52 Å². The van der Waals surface area contributed by atoms with Crippen LogP contribution in [0.15, 0.2) is 0 Å². The van der Waals surface area contributed by atoms with Gasteiger partial charge in [-0.2, -0.15) is 0 Å². The first-order valence-corrected chi connectivity index (χ1v) is 7.51. The smallest absolute Gasteiger partial charge is 0.306 e. The average molecular weight is 293 g/mol. The third kappa shape index (κ3) is 3.82. The summed E-state index contributed by atoms with van der Waals surface area (Å²) in [5, 5.41) is 11.2. The highest BCUT2D eigenvalue weighted by Crippen LogP contribution is 2.49. The molecule has 9 heteroatoms. The molecule has 2 atom stereocenters. The van der Waals surface area contributed by atoms with Gasteiger partial charge in [-0.05, 0) is 0 Å². The van der Waals surface area contributed by atoms with E-state index in [9.17, 15) is 4.57 Å². The van der Waals surface area contributed by atoms with Crippen LogP contribution < -0.4 is 5.09 Å². The van der Waals surface area contributed by atoms with Gasteiger partial charge in [-0.3, -0.25) is 9.82 Å². The molecule has 0 bridgehead atoms. The number of rotatable bonds is 6. The zero-order valence-corrected chi connectivity index (χ0v) is 11.0. The van der Waals surface area contributed by atoms with Gasteiger partial charge in [-0.15, -0.1) is 23.2 Å². The van der Waals surface area contributed by atoms with E-state index in [4.69, 9.17) is 33.0 Å². The van der Waals surface area contributed by atoms with Crippen molar-refractivity contribution in [3.8, 4) is 0 Å². The van der Waals surface area contributed by atoms with Crippen molar-refractivity contribution in [2.24, 2.45) is 0 Å². The molecule has 1 unspecified atom stereocenters. The van der Waals surface area contributed by atoms with Crippen LogP contribution in [0.2, 0.25) is 0 Å². The van der Waals surface area contributed by atoms with Crippen molar-refractivity contribution in [2.75, 3.05) is 31.5 Å². The number of alkyl halides is 2. The summed E-state index contributed by atoms with van der Waals surface area (Å²) in [7, 11) is -3.20. The highest BCUT2D eigenvalue weighted by Gasteiger charge is 2.37. The van der Waals surface area contributed by atoms with Crippen molar-refractivity contribution in [3.63, 3.8) is 0 Å². The van der Waals surface area contributed by atoms with Gasteiger partial charge in [0.15, 0.2) is 6.23 Å². The lowest BCUT2D eigenvalue weighted by molar-refractivity contribution is -0.286. The molecular weight excluding hydrogens is 278 g/mol. The molecule has 0 spiro atoms. The molecule has 6 nitrogen and oxygen atoms in total. The second kappa shape index (κ2) is 7.13. The maximum absolute atomic E-state index is 12.4. The molecule has 0 aliphatic carbocycles. The van der Waals surface area contributed by atoms with E-state index >= 15 is 0 Å². The quantitative estimate of drug-likeness (QED) is 0.336. The summed E-state index contributed by atoms with van der Waals surface area (Å²) in [4.78, 5) is 4.14. The molecule has 96 valence electrons. The van der Waals surface area contributed by atoms with Crippen LogP contribution in [0.4, 0.5) is 0 Å². The molecule has 0 radical (unpaired) electrons. The van der Waals surface area contributed by atoms with Gasteiger partial charge in [0.05, 0.1) is 6.61 Å². The second-order valence-electron chi connectivity index (χ2n) is 3.20. The number of hydrogen-bond acceptors (Lipinski definition) is 4. The molecule has 0 aromatic carbocycles. The monoisotopic (exact) mass is 292 g/mol. The predicted molar refractivity (Wildman–Crippen MR) is 61.8 cm³/mol. The molecule has 1 fully saturated rings. The normalized spacial score (nSPS) is 30.9. The van der Waals surface area contributed by atoms with Gasteiger partial charge in [0, 0.05) is 31.3 Å². The Morgan fingerprint density at radius 3 is 2.62 bits per heavy atom. The lowest BCUT2D eigenvalue weighted by Gasteiger charge is -2.35. The Morgan fingerprint density at radius 1 is 1.50 bits per heavy atom. The van der Waals surface area contributed by atoms with Crippen LogP contribution in [0.3, 0.4) is 0 Å². The Hall–Kier alpha value is 0.610. The zero-order valence-electron chi connectivity index (χ0n) is 8.64. The molecule has 2 N–H and O–H groups in total. The predicted octanol–water partition coefficient (Wildman–Crippen LogP) is 1.70. The van der Waals surface area contributed by atoms with Crippen LogP contribution in [-0.4, -0.2) is 47.6 Å². The third-order valence-electron chi connectivity index (χ3n) is 2.14. The molecule has 16 heavy (non-hydrogen) atoms. The van der Waals surface area contributed by atoms with Gasteiger partial charge >= 0.3 is 7.67 Å². The first-order valence-electron chi connectivity index (χ1n) is 4.86. The molecule has 1 aliphatic heterocycles. The number of halogens is 2. The number of nitrogens with one attached hydrogen (secondary N) is 1. The lowest BCUT2D eigenvalue weighted by Crippen LogP contribution is -2.42. The van der Waals surface area contributed by atoms with E-state index in [2.05, 4.69) is 9.97 Å². The maximum atomic E-state index is 12.4. The molecule has 1 aliphatic rings. The van der Waals surface area contributed by atoms with Crippen LogP contribution >= 0.6 is 30.9 Å². The van der Waals surface area contributed by atoms with E-state index in [0.29, 0.717) is 31.3 Å². The van der Waals surface area contributed by atoms with Crippen molar-refractivity contribution >= 4 is 30.9 Å². The van der Waals surface area contributed by atoms with Gasteiger partial charge in [0.2, 0.25) is 0 Å².